The van der Waals surface area contributed by atoms with E-state index in [1.54, 1.807) is 12.0 Å². The van der Waals surface area contributed by atoms with Gasteiger partial charge >= 0.3 is 6.03 Å². The van der Waals surface area contributed by atoms with E-state index >= 15 is 0 Å². The molecule has 0 spiro atoms. The summed E-state index contributed by atoms with van der Waals surface area (Å²) in [6, 6.07) is 7.50. The van der Waals surface area contributed by atoms with Gasteiger partial charge in [-0.3, -0.25) is 4.79 Å². The molecule has 1 aromatic carbocycles. The second kappa shape index (κ2) is 7.15. The van der Waals surface area contributed by atoms with Crippen molar-refractivity contribution in [1.82, 2.24) is 15.5 Å². The molecule has 3 amide bonds. The van der Waals surface area contributed by atoms with Crippen molar-refractivity contribution < 1.29 is 14.3 Å². The van der Waals surface area contributed by atoms with Crippen LogP contribution in [0.15, 0.2) is 24.3 Å². The third-order valence-electron chi connectivity index (χ3n) is 3.84. The molecule has 6 heteroatoms. The number of carbonyl (C=O) groups is 2. The maximum absolute atomic E-state index is 12.3. The summed E-state index contributed by atoms with van der Waals surface area (Å²) in [6.45, 7) is 4.66. The molecule has 22 heavy (non-hydrogen) atoms. The molecule has 1 heterocycles. The summed E-state index contributed by atoms with van der Waals surface area (Å²) in [5.74, 6) is 0.735. The maximum Gasteiger partial charge on any atom is 0.317 e. The van der Waals surface area contributed by atoms with E-state index in [1.807, 2.05) is 31.2 Å². The number of carbonyl (C=O) groups excluding carboxylic acids is 2. The summed E-state index contributed by atoms with van der Waals surface area (Å²) in [4.78, 5) is 25.0. The highest BCUT2D eigenvalue weighted by atomic mass is 16.5. The van der Waals surface area contributed by atoms with Crippen LogP contribution in [0.3, 0.4) is 0 Å². The van der Waals surface area contributed by atoms with Crippen LogP contribution in [0, 0.1) is 0 Å². The molecular weight excluding hydrogens is 282 g/mol. The van der Waals surface area contributed by atoms with Crippen LogP contribution in [-0.4, -0.2) is 43.1 Å². The van der Waals surface area contributed by atoms with Gasteiger partial charge in [-0.2, -0.15) is 0 Å². The van der Waals surface area contributed by atoms with Gasteiger partial charge in [0.15, 0.2) is 0 Å². The second-order valence-corrected chi connectivity index (χ2v) is 5.58. The summed E-state index contributed by atoms with van der Waals surface area (Å²) >= 11 is 0. The van der Waals surface area contributed by atoms with Crippen LogP contribution in [0.5, 0.6) is 5.75 Å². The summed E-state index contributed by atoms with van der Waals surface area (Å²) in [7, 11) is 1.62. The average Bonchev–Trinajstić information content (AvgIpc) is 2.95. The van der Waals surface area contributed by atoms with Crippen LogP contribution in [0.4, 0.5) is 4.79 Å². The quantitative estimate of drug-likeness (QED) is 0.889. The molecule has 0 saturated carbocycles. The minimum atomic E-state index is -0.101. The monoisotopic (exact) mass is 305 g/mol. The van der Waals surface area contributed by atoms with E-state index in [4.69, 9.17) is 4.74 Å². The van der Waals surface area contributed by atoms with Crippen LogP contribution < -0.4 is 15.4 Å². The molecule has 6 nitrogen and oxygen atoms in total. The van der Waals surface area contributed by atoms with E-state index < -0.39 is 0 Å². The molecule has 0 radical (unpaired) electrons. The van der Waals surface area contributed by atoms with E-state index in [-0.39, 0.29) is 24.0 Å². The lowest BCUT2D eigenvalue weighted by Gasteiger charge is -2.21. The molecule has 120 valence electrons. The Kier molecular flexibility index (Phi) is 5.25. The molecule has 1 saturated heterocycles. The maximum atomic E-state index is 12.3. The molecule has 0 aromatic heterocycles. The Morgan fingerprint density at radius 3 is 2.59 bits per heavy atom. The fourth-order valence-electron chi connectivity index (χ4n) is 2.60. The molecule has 0 bridgehead atoms. The predicted octanol–water partition coefficient (Wildman–Crippen LogP) is 1.68. The van der Waals surface area contributed by atoms with Crippen molar-refractivity contribution in [3.05, 3.63) is 29.8 Å². The fraction of sp³-hybridized carbons (Fsp3) is 0.500. The van der Waals surface area contributed by atoms with Gasteiger partial charge in [-0.25, -0.2) is 4.79 Å². The van der Waals surface area contributed by atoms with Crippen molar-refractivity contribution in [1.29, 1.82) is 0 Å². The first-order chi connectivity index (χ1) is 10.5. The zero-order valence-corrected chi connectivity index (χ0v) is 13.3. The Hall–Kier alpha value is -2.24. The van der Waals surface area contributed by atoms with E-state index in [1.165, 1.54) is 6.92 Å². The van der Waals surface area contributed by atoms with Crippen molar-refractivity contribution in [2.24, 2.45) is 0 Å². The van der Waals surface area contributed by atoms with Gasteiger partial charge in [-0.1, -0.05) is 12.1 Å². The highest BCUT2D eigenvalue weighted by Crippen LogP contribution is 2.18. The first-order valence-electron chi connectivity index (χ1n) is 7.46. The number of benzene rings is 1. The number of rotatable bonds is 4. The molecule has 2 N–H and O–H groups in total. The third kappa shape index (κ3) is 4.13. The largest absolute Gasteiger partial charge is 0.497 e. The van der Waals surface area contributed by atoms with Gasteiger partial charge in [-0.15, -0.1) is 0 Å². The fourth-order valence-corrected chi connectivity index (χ4v) is 2.60. The molecule has 0 unspecified atom stereocenters. The highest BCUT2D eigenvalue weighted by Gasteiger charge is 2.27. The van der Waals surface area contributed by atoms with Crippen LogP contribution >= 0.6 is 0 Å². The predicted molar refractivity (Wildman–Crippen MR) is 83.7 cm³/mol. The highest BCUT2D eigenvalue weighted by molar-refractivity contribution is 5.76. The van der Waals surface area contributed by atoms with Gasteiger partial charge in [0.25, 0.3) is 0 Å². The number of methoxy groups -OCH3 is 1. The number of amides is 3. The Labute approximate surface area is 130 Å². The number of urea groups is 1. The summed E-state index contributed by atoms with van der Waals surface area (Å²) in [5.41, 5.74) is 1.02. The summed E-state index contributed by atoms with van der Waals surface area (Å²) in [6.07, 6.45) is 0.796. The SMILES string of the molecule is COc1ccc([C@@H](C)NC(=O)N2CC[C@H](NC(C)=O)C2)cc1. The molecule has 1 fully saturated rings. The molecule has 1 aliphatic rings. The Bertz CT molecular complexity index is 530. The number of likely N-dealkylation sites (tertiary alicyclic amines) is 1. The number of nitrogens with zero attached hydrogens (tertiary/aromatic N) is 1. The number of hydrogen-bond donors (Lipinski definition) is 2. The van der Waals surface area contributed by atoms with E-state index in [0.717, 1.165) is 17.7 Å². The van der Waals surface area contributed by atoms with Crippen LogP contribution in [-0.2, 0) is 4.79 Å². The van der Waals surface area contributed by atoms with Gasteiger partial charge in [-0.05, 0) is 31.0 Å². The summed E-state index contributed by atoms with van der Waals surface area (Å²) in [5, 5.41) is 5.83. The topological polar surface area (TPSA) is 70.7 Å². The third-order valence-corrected chi connectivity index (χ3v) is 3.84. The Balaban J connectivity index is 1.87. The number of nitrogens with one attached hydrogen (secondary N) is 2. The summed E-state index contributed by atoms with van der Waals surface area (Å²) < 4.78 is 5.12. The molecular formula is C16H23N3O3. The lowest BCUT2D eigenvalue weighted by atomic mass is 10.1. The molecule has 2 atom stereocenters. The molecule has 1 aliphatic heterocycles. The first-order valence-corrected chi connectivity index (χ1v) is 7.46. The van der Waals surface area contributed by atoms with Crippen LogP contribution in [0.1, 0.15) is 31.9 Å². The number of hydrogen-bond acceptors (Lipinski definition) is 3. The smallest absolute Gasteiger partial charge is 0.317 e. The Morgan fingerprint density at radius 1 is 1.32 bits per heavy atom. The lowest BCUT2D eigenvalue weighted by molar-refractivity contribution is -0.119. The Morgan fingerprint density at radius 2 is 2.00 bits per heavy atom. The molecule has 2 rings (SSSR count). The van der Waals surface area contributed by atoms with Crippen LogP contribution in [0.2, 0.25) is 0 Å². The molecule has 1 aromatic rings. The first kappa shape index (κ1) is 16.1. The van der Waals surface area contributed by atoms with Gasteiger partial charge in [0.1, 0.15) is 5.75 Å². The van der Waals surface area contributed by atoms with Crippen molar-refractivity contribution in [3.63, 3.8) is 0 Å². The lowest BCUT2D eigenvalue weighted by Crippen LogP contribution is -2.42. The second-order valence-electron chi connectivity index (χ2n) is 5.58. The zero-order valence-electron chi connectivity index (χ0n) is 13.3. The van der Waals surface area contributed by atoms with Crippen LogP contribution in [0.25, 0.3) is 0 Å². The minimum absolute atomic E-state index is 0.0551. The molecule has 0 aliphatic carbocycles. The van der Waals surface area contributed by atoms with Crippen molar-refractivity contribution >= 4 is 11.9 Å². The zero-order chi connectivity index (χ0) is 16.1. The standard InChI is InChI=1S/C16H23N3O3/c1-11(13-4-6-15(22-3)7-5-13)17-16(21)19-9-8-14(10-19)18-12(2)20/h4-7,11,14H,8-10H2,1-3H3,(H,17,21)(H,18,20)/t11-,14+/m1/s1. The van der Waals surface area contributed by atoms with Gasteiger partial charge in [0, 0.05) is 26.1 Å². The van der Waals surface area contributed by atoms with Gasteiger partial charge in [0.2, 0.25) is 5.91 Å². The normalized spacial score (nSPS) is 18.7. The van der Waals surface area contributed by atoms with E-state index in [9.17, 15) is 9.59 Å². The van der Waals surface area contributed by atoms with E-state index in [0.29, 0.717) is 13.1 Å². The van der Waals surface area contributed by atoms with Crippen molar-refractivity contribution in [2.75, 3.05) is 20.2 Å². The average molecular weight is 305 g/mol. The van der Waals surface area contributed by atoms with Crippen molar-refractivity contribution in [2.45, 2.75) is 32.4 Å². The number of ether oxygens (including phenoxy) is 1. The van der Waals surface area contributed by atoms with Gasteiger partial charge < -0.3 is 20.3 Å². The van der Waals surface area contributed by atoms with E-state index in [2.05, 4.69) is 10.6 Å². The minimum Gasteiger partial charge on any atom is -0.497 e. The van der Waals surface area contributed by atoms with Gasteiger partial charge in [0.05, 0.1) is 13.2 Å². The van der Waals surface area contributed by atoms with Crippen molar-refractivity contribution in [3.8, 4) is 5.75 Å².